The second-order valence-electron chi connectivity index (χ2n) is 9.87. The van der Waals surface area contributed by atoms with Crippen LogP contribution >= 0.6 is 7.60 Å². The zero-order chi connectivity index (χ0) is 24.5. The average molecular weight is 495 g/mol. The van der Waals surface area contributed by atoms with Crippen LogP contribution < -0.4 is 9.47 Å². The normalized spacial score (nSPS) is 23.7. The molecular formula is C26H33F2O5P. The Kier molecular flexibility index (Phi) is 7.37. The van der Waals surface area contributed by atoms with Gasteiger partial charge in [0.2, 0.25) is 5.41 Å². The lowest BCUT2D eigenvalue weighted by atomic mass is 9.79. The number of hydrogen-bond acceptors (Lipinski definition) is 3. The molecule has 2 fully saturated rings. The summed E-state index contributed by atoms with van der Waals surface area (Å²) in [6.07, 6.45) is 5.06. The van der Waals surface area contributed by atoms with Crippen molar-refractivity contribution in [3.8, 4) is 11.5 Å². The molecule has 0 aromatic heterocycles. The summed E-state index contributed by atoms with van der Waals surface area (Å²) in [5, 5.41) is -2.62. The van der Waals surface area contributed by atoms with Gasteiger partial charge in [-0.2, -0.15) is 0 Å². The molecule has 2 aromatic carbocycles. The largest absolute Gasteiger partial charge is 0.497 e. The Balaban J connectivity index is 1.37. The number of hydrogen-bond donors (Lipinski definition) is 2. The van der Waals surface area contributed by atoms with Crippen molar-refractivity contribution < 1.29 is 32.6 Å². The quantitative estimate of drug-likeness (QED) is 0.387. The monoisotopic (exact) mass is 494 g/mol. The molecular weight excluding hydrogens is 461 g/mol. The molecule has 2 aromatic rings. The van der Waals surface area contributed by atoms with Crippen LogP contribution in [0, 0.1) is 17.7 Å². The molecule has 2 N–H and O–H groups in total. The molecule has 0 bridgehead atoms. The van der Waals surface area contributed by atoms with Crippen LogP contribution in [0.4, 0.5) is 8.78 Å². The van der Waals surface area contributed by atoms with Crippen LogP contribution in [0.1, 0.15) is 68.4 Å². The van der Waals surface area contributed by atoms with E-state index >= 15 is 4.39 Å². The lowest BCUT2D eigenvalue weighted by Gasteiger charge is -2.32. The maximum Gasteiger partial charge on any atom is 0.362 e. The van der Waals surface area contributed by atoms with Gasteiger partial charge < -0.3 is 19.3 Å². The van der Waals surface area contributed by atoms with Gasteiger partial charge >= 0.3 is 7.60 Å². The van der Waals surface area contributed by atoms with E-state index in [-0.39, 0.29) is 17.7 Å². The highest BCUT2D eigenvalue weighted by Gasteiger charge is 2.55. The van der Waals surface area contributed by atoms with Gasteiger partial charge in [0, 0.05) is 5.92 Å². The Morgan fingerprint density at radius 1 is 1.06 bits per heavy atom. The molecule has 0 unspecified atom stereocenters. The summed E-state index contributed by atoms with van der Waals surface area (Å²) in [5.74, 6) is 0.575. The fourth-order valence-electron chi connectivity index (χ4n) is 5.23. The van der Waals surface area contributed by atoms with E-state index in [0.717, 1.165) is 45.4 Å². The Morgan fingerprint density at radius 2 is 1.76 bits per heavy atom. The van der Waals surface area contributed by atoms with E-state index in [1.165, 1.54) is 6.07 Å². The summed E-state index contributed by atoms with van der Waals surface area (Å²) in [5.41, 5.74) is 1.27. The number of halogens is 2. The summed E-state index contributed by atoms with van der Waals surface area (Å²) in [7, 11) is -3.36. The molecule has 8 heteroatoms. The van der Waals surface area contributed by atoms with Gasteiger partial charge in [-0.3, -0.25) is 4.57 Å². The third-order valence-corrected chi connectivity index (χ3v) is 8.84. The van der Waals surface area contributed by atoms with Crippen molar-refractivity contribution in [2.24, 2.45) is 11.8 Å². The van der Waals surface area contributed by atoms with Crippen LogP contribution in [-0.4, -0.2) is 28.9 Å². The van der Waals surface area contributed by atoms with Crippen molar-refractivity contribution in [2.75, 3.05) is 13.7 Å². The summed E-state index contributed by atoms with van der Waals surface area (Å²) >= 11 is 0. The van der Waals surface area contributed by atoms with E-state index in [4.69, 9.17) is 9.47 Å². The fourth-order valence-corrected chi connectivity index (χ4v) is 5.95. The molecule has 186 valence electrons. The van der Waals surface area contributed by atoms with Gasteiger partial charge in [0.15, 0.2) is 0 Å². The molecule has 0 aliphatic heterocycles. The zero-order valence-electron chi connectivity index (χ0n) is 19.6. The van der Waals surface area contributed by atoms with E-state index in [1.54, 1.807) is 43.5 Å². The first-order valence-electron chi connectivity index (χ1n) is 11.9. The summed E-state index contributed by atoms with van der Waals surface area (Å²) in [4.78, 5) is 19.2. The van der Waals surface area contributed by atoms with Gasteiger partial charge in [0.25, 0.3) is 0 Å². The van der Waals surface area contributed by atoms with Gasteiger partial charge in [-0.05, 0) is 105 Å². The lowest BCUT2D eigenvalue weighted by Crippen LogP contribution is -2.29. The molecule has 0 amide bonds. The van der Waals surface area contributed by atoms with Crippen molar-refractivity contribution in [3.63, 3.8) is 0 Å². The van der Waals surface area contributed by atoms with Crippen molar-refractivity contribution in [1.29, 1.82) is 0 Å². The highest BCUT2D eigenvalue weighted by atomic mass is 31.2. The molecule has 2 aliphatic rings. The lowest BCUT2D eigenvalue weighted by molar-refractivity contribution is 0.174. The SMILES string of the molecule is COc1ccc(F)c([C@H]2CC[C@H](COc3cccc([C@H](C4CC4)[C@@](C)(F)P(=O)(O)O)c3)CC2)c1. The molecule has 0 radical (unpaired) electrons. The molecule has 0 heterocycles. The molecule has 5 nitrogen and oxygen atoms in total. The van der Waals surface area contributed by atoms with Gasteiger partial charge in [0.05, 0.1) is 13.7 Å². The minimum absolute atomic E-state index is 0.0786. The Bertz CT molecular complexity index is 1040. The third-order valence-electron chi connectivity index (χ3n) is 7.42. The van der Waals surface area contributed by atoms with Crippen LogP contribution in [-0.2, 0) is 4.57 Å². The second-order valence-corrected chi connectivity index (χ2v) is 11.8. The topological polar surface area (TPSA) is 76.0 Å². The van der Waals surface area contributed by atoms with Crippen LogP contribution in [0.15, 0.2) is 42.5 Å². The van der Waals surface area contributed by atoms with Crippen LogP contribution in [0.3, 0.4) is 0 Å². The number of benzene rings is 2. The standard InChI is InChI=1S/C26H33F2O5P/c1-26(28,34(29,30)31)25(19-10-11-19)20-4-3-5-22(14-20)33-16-17-6-8-18(9-7-17)23-15-21(32-2)12-13-24(23)27/h3-5,12-15,17-19,25H,6-11,16H2,1-2H3,(H2,29,30,31)/t17-,18-,25-,26-/m0/s1. The second kappa shape index (κ2) is 9.96. The molecule has 34 heavy (non-hydrogen) atoms. The minimum atomic E-state index is -4.94. The third kappa shape index (κ3) is 5.48. The van der Waals surface area contributed by atoms with Crippen molar-refractivity contribution in [1.82, 2.24) is 0 Å². The molecule has 0 spiro atoms. The number of rotatable bonds is 9. The smallest absolute Gasteiger partial charge is 0.362 e. The Hall–Kier alpha value is -1.95. The highest BCUT2D eigenvalue weighted by molar-refractivity contribution is 7.53. The predicted molar refractivity (Wildman–Crippen MR) is 127 cm³/mol. The Labute approximate surface area is 199 Å². The number of alkyl halides is 1. The predicted octanol–water partition coefficient (Wildman–Crippen LogP) is 6.54. The number of ether oxygens (including phenoxy) is 2. The van der Waals surface area contributed by atoms with Crippen LogP contribution in [0.2, 0.25) is 0 Å². The van der Waals surface area contributed by atoms with Crippen LogP contribution in [0.25, 0.3) is 0 Å². The van der Waals surface area contributed by atoms with Crippen molar-refractivity contribution in [2.45, 2.75) is 62.7 Å². The molecule has 2 aliphatic carbocycles. The van der Waals surface area contributed by atoms with Gasteiger partial charge in [-0.15, -0.1) is 0 Å². The fraction of sp³-hybridized carbons (Fsp3) is 0.538. The van der Waals surface area contributed by atoms with Crippen LogP contribution in [0.5, 0.6) is 11.5 Å². The zero-order valence-corrected chi connectivity index (χ0v) is 20.5. The van der Waals surface area contributed by atoms with E-state index in [0.29, 0.717) is 35.2 Å². The summed E-state index contributed by atoms with van der Waals surface area (Å²) in [6.45, 7) is 1.50. The first kappa shape index (κ1) is 25.2. The first-order valence-corrected chi connectivity index (χ1v) is 13.5. The maximum atomic E-state index is 15.3. The van der Waals surface area contributed by atoms with Gasteiger partial charge in [0.1, 0.15) is 17.3 Å². The molecule has 4 rings (SSSR count). The Morgan fingerprint density at radius 3 is 2.38 bits per heavy atom. The van der Waals surface area contributed by atoms with Gasteiger partial charge in [-0.25, -0.2) is 8.78 Å². The molecule has 2 saturated carbocycles. The minimum Gasteiger partial charge on any atom is -0.497 e. The average Bonchev–Trinajstić information content (AvgIpc) is 3.63. The first-order chi connectivity index (χ1) is 16.1. The van der Waals surface area contributed by atoms with Crippen molar-refractivity contribution >= 4 is 7.60 Å². The van der Waals surface area contributed by atoms with E-state index in [1.807, 2.05) is 0 Å². The van der Waals surface area contributed by atoms with Crippen molar-refractivity contribution in [3.05, 3.63) is 59.4 Å². The summed E-state index contributed by atoms with van der Waals surface area (Å²) in [6, 6.07) is 11.8. The van der Waals surface area contributed by atoms with E-state index in [2.05, 4.69) is 0 Å². The highest BCUT2D eigenvalue weighted by Crippen LogP contribution is 2.63. The molecule has 0 saturated heterocycles. The van der Waals surface area contributed by atoms with E-state index in [9.17, 15) is 18.7 Å². The van der Waals surface area contributed by atoms with Gasteiger partial charge in [-0.1, -0.05) is 12.1 Å². The number of methoxy groups -OCH3 is 1. The van der Waals surface area contributed by atoms with E-state index < -0.39 is 18.9 Å². The molecule has 2 atom stereocenters. The summed E-state index contributed by atoms with van der Waals surface area (Å²) < 4.78 is 52.7. The maximum absolute atomic E-state index is 15.3.